The summed E-state index contributed by atoms with van der Waals surface area (Å²) >= 11 is 3.36. The fourth-order valence-electron chi connectivity index (χ4n) is 2.25. The fraction of sp³-hybridized carbons (Fsp3) is 0.615. The molecule has 0 unspecified atom stereocenters. The molecule has 1 heterocycles. The molecule has 17 heavy (non-hydrogen) atoms. The molecule has 3 nitrogen and oxygen atoms in total. The van der Waals surface area contributed by atoms with Crippen LogP contribution in [0.3, 0.4) is 0 Å². The Kier molecular flexibility index (Phi) is 4.54. The molecular formula is C13H19BrN2O. The number of halogens is 1. The van der Waals surface area contributed by atoms with Crippen molar-refractivity contribution in [1.82, 2.24) is 4.98 Å². The van der Waals surface area contributed by atoms with E-state index in [2.05, 4.69) is 20.9 Å². The normalized spacial score (nSPS) is 19.2. The zero-order chi connectivity index (χ0) is 12.1. The van der Waals surface area contributed by atoms with Crippen molar-refractivity contribution in [2.24, 2.45) is 5.73 Å². The maximum atomic E-state index is 6.29. The number of hydrogen-bond donors (Lipinski definition) is 1. The Bertz CT molecular complexity index is 347. The standard InChI is InChI=1S/C13H19BrN2O/c14-11-4-5-12(16-8-11)9-17-10-13(15)6-2-1-3-7-13/h4-5,8H,1-3,6-7,9-10,15H2. The van der Waals surface area contributed by atoms with Crippen LogP contribution in [0.4, 0.5) is 0 Å². The Balaban J connectivity index is 1.77. The topological polar surface area (TPSA) is 48.1 Å². The summed E-state index contributed by atoms with van der Waals surface area (Å²) in [6.07, 6.45) is 7.74. The summed E-state index contributed by atoms with van der Waals surface area (Å²) in [6, 6.07) is 3.94. The minimum absolute atomic E-state index is 0.104. The molecule has 2 rings (SSSR count). The van der Waals surface area contributed by atoms with Gasteiger partial charge >= 0.3 is 0 Å². The molecule has 1 fully saturated rings. The monoisotopic (exact) mass is 298 g/mol. The molecule has 0 atom stereocenters. The second-order valence-electron chi connectivity index (χ2n) is 4.88. The third kappa shape index (κ3) is 4.05. The van der Waals surface area contributed by atoms with E-state index in [0.717, 1.165) is 23.0 Å². The van der Waals surface area contributed by atoms with Gasteiger partial charge in [0, 0.05) is 16.2 Å². The van der Waals surface area contributed by atoms with E-state index in [1.807, 2.05) is 12.1 Å². The molecule has 0 aromatic carbocycles. The summed E-state index contributed by atoms with van der Waals surface area (Å²) in [4.78, 5) is 4.27. The van der Waals surface area contributed by atoms with Crippen LogP contribution in [-0.2, 0) is 11.3 Å². The van der Waals surface area contributed by atoms with Gasteiger partial charge in [-0.15, -0.1) is 0 Å². The number of nitrogens with zero attached hydrogens (tertiary/aromatic N) is 1. The zero-order valence-electron chi connectivity index (χ0n) is 9.99. The maximum absolute atomic E-state index is 6.29. The minimum Gasteiger partial charge on any atom is -0.373 e. The molecule has 1 aliphatic carbocycles. The summed E-state index contributed by atoms with van der Waals surface area (Å²) in [5.41, 5.74) is 7.14. The largest absolute Gasteiger partial charge is 0.373 e. The van der Waals surface area contributed by atoms with E-state index in [9.17, 15) is 0 Å². The highest BCUT2D eigenvalue weighted by Crippen LogP contribution is 2.26. The Morgan fingerprint density at radius 3 is 2.71 bits per heavy atom. The van der Waals surface area contributed by atoms with Crippen molar-refractivity contribution in [3.63, 3.8) is 0 Å². The van der Waals surface area contributed by atoms with Crippen molar-refractivity contribution in [1.29, 1.82) is 0 Å². The molecule has 1 aromatic rings. The van der Waals surface area contributed by atoms with Crippen LogP contribution in [0.15, 0.2) is 22.8 Å². The number of ether oxygens (including phenoxy) is 1. The van der Waals surface area contributed by atoms with E-state index in [-0.39, 0.29) is 5.54 Å². The highest BCUT2D eigenvalue weighted by molar-refractivity contribution is 9.10. The van der Waals surface area contributed by atoms with Crippen molar-refractivity contribution >= 4 is 15.9 Å². The van der Waals surface area contributed by atoms with Crippen molar-refractivity contribution < 1.29 is 4.74 Å². The van der Waals surface area contributed by atoms with Crippen molar-refractivity contribution in [2.75, 3.05) is 6.61 Å². The predicted molar refractivity (Wildman–Crippen MR) is 71.6 cm³/mol. The van der Waals surface area contributed by atoms with Gasteiger partial charge in [-0.05, 0) is 40.9 Å². The Morgan fingerprint density at radius 1 is 1.29 bits per heavy atom. The van der Waals surface area contributed by atoms with Crippen LogP contribution in [0.25, 0.3) is 0 Å². The minimum atomic E-state index is -0.104. The van der Waals surface area contributed by atoms with E-state index in [1.54, 1.807) is 6.20 Å². The smallest absolute Gasteiger partial charge is 0.0888 e. The number of hydrogen-bond acceptors (Lipinski definition) is 3. The predicted octanol–water partition coefficient (Wildman–Crippen LogP) is 3.02. The van der Waals surface area contributed by atoms with E-state index in [0.29, 0.717) is 13.2 Å². The first-order chi connectivity index (χ1) is 8.18. The highest BCUT2D eigenvalue weighted by atomic mass is 79.9. The average Bonchev–Trinajstić information content (AvgIpc) is 2.32. The van der Waals surface area contributed by atoms with Crippen molar-refractivity contribution in [2.45, 2.75) is 44.2 Å². The first-order valence-corrected chi connectivity index (χ1v) is 6.94. The zero-order valence-corrected chi connectivity index (χ0v) is 11.6. The van der Waals surface area contributed by atoms with Crippen molar-refractivity contribution in [3.8, 4) is 0 Å². The second kappa shape index (κ2) is 5.94. The molecule has 4 heteroatoms. The summed E-state index contributed by atoms with van der Waals surface area (Å²) in [6.45, 7) is 1.19. The molecule has 0 spiro atoms. The summed E-state index contributed by atoms with van der Waals surface area (Å²) < 4.78 is 6.69. The Hall–Kier alpha value is -0.450. The molecular weight excluding hydrogens is 280 g/mol. The second-order valence-corrected chi connectivity index (χ2v) is 5.80. The molecule has 1 aromatic heterocycles. The lowest BCUT2D eigenvalue weighted by atomic mass is 9.83. The van der Waals surface area contributed by atoms with Gasteiger partial charge in [0.1, 0.15) is 0 Å². The van der Waals surface area contributed by atoms with E-state index >= 15 is 0 Å². The molecule has 0 saturated heterocycles. The Labute approximate surface area is 111 Å². The average molecular weight is 299 g/mol. The molecule has 0 amide bonds. The number of pyridine rings is 1. The molecule has 0 bridgehead atoms. The van der Waals surface area contributed by atoms with Gasteiger partial charge in [-0.1, -0.05) is 19.3 Å². The van der Waals surface area contributed by atoms with Crippen LogP contribution < -0.4 is 5.73 Å². The van der Waals surface area contributed by atoms with Crippen LogP contribution in [0, 0.1) is 0 Å². The number of rotatable bonds is 4. The molecule has 1 saturated carbocycles. The van der Waals surface area contributed by atoms with E-state index < -0.39 is 0 Å². The van der Waals surface area contributed by atoms with Gasteiger partial charge in [0.25, 0.3) is 0 Å². The third-order valence-electron chi connectivity index (χ3n) is 3.28. The van der Waals surface area contributed by atoms with Gasteiger partial charge in [-0.25, -0.2) is 0 Å². The third-order valence-corrected chi connectivity index (χ3v) is 3.75. The van der Waals surface area contributed by atoms with Crippen molar-refractivity contribution in [3.05, 3.63) is 28.5 Å². The highest BCUT2D eigenvalue weighted by Gasteiger charge is 2.27. The first-order valence-electron chi connectivity index (χ1n) is 6.15. The molecule has 94 valence electrons. The van der Waals surface area contributed by atoms with E-state index in [4.69, 9.17) is 10.5 Å². The Morgan fingerprint density at radius 2 is 2.06 bits per heavy atom. The van der Waals surface area contributed by atoms with Gasteiger partial charge in [-0.3, -0.25) is 4.98 Å². The van der Waals surface area contributed by atoms with Crippen LogP contribution in [0.5, 0.6) is 0 Å². The van der Waals surface area contributed by atoms with Gasteiger partial charge in [0.2, 0.25) is 0 Å². The summed E-state index contributed by atoms with van der Waals surface area (Å²) in [5, 5.41) is 0. The fourth-order valence-corrected chi connectivity index (χ4v) is 2.49. The SMILES string of the molecule is NC1(COCc2ccc(Br)cn2)CCCCC1. The van der Waals surface area contributed by atoms with Crippen LogP contribution in [0.2, 0.25) is 0 Å². The number of nitrogens with two attached hydrogens (primary N) is 1. The summed E-state index contributed by atoms with van der Waals surface area (Å²) in [7, 11) is 0. The van der Waals surface area contributed by atoms with Gasteiger partial charge < -0.3 is 10.5 Å². The first kappa shape index (κ1) is 13.0. The molecule has 0 aliphatic heterocycles. The van der Waals surface area contributed by atoms with Gasteiger partial charge in [0.05, 0.1) is 18.9 Å². The molecule has 1 aliphatic rings. The summed E-state index contributed by atoms with van der Waals surface area (Å²) in [5.74, 6) is 0. The molecule has 2 N–H and O–H groups in total. The number of aromatic nitrogens is 1. The van der Waals surface area contributed by atoms with Crippen LogP contribution in [-0.4, -0.2) is 17.1 Å². The van der Waals surface area contributed by atoms with Gasteiger partial charge in [-0.2, -0.15) is 0 Å². The van der Waals surface area contributed by atoms with Gasteiger partial charge in [0.15, 0.2) is 0 Å². The quantitative estimate of drug-likeness (QED) is 0.929. The molecule has 0 radical (unpaired) electrons. The lowest BCUT2D eigenvalue weighted by molar-refractivity contribution is 0.0558. The lowest BCUT2D eigenvalue weighted by Crippen LogP contribution is -2.46. The van der Waals surface area contributed by atoms with Crippen LogP contribution >= 0.6 is 15.9 Å². The van der Waals surface area contributed by atoms with Crippen LogP contribution in [0.1, 0.15) is 37.8 Å². The lowest BCUT2D eigenvalue weighted by Gasteiger charge is -2.32. The maximum Gasteiger partial charge on any atom is 0.0888 e. The van der Waals surface area contributed by atoms with E-state index in [1.165, 1.54) is 19.3 Å².